The Balaban J connectivity index is 2.15. The fourth-order valence-corrected chi connectivity index (χ4v) is 3.26. The minimum Gasteiger partial charge on any atom is -0.316 e. The van der Waals surface area contributed by atoms with Gasteiger partial charge in [0.05, 0.1) is 16.4 Å². The Bertz CT molecular complexity index is 436. The van der Waals surface area contributed by atoms with E-state index in [0.29, 0.717) is 11.5 Å². The molecular formula is C14H24ClN3. The normalized spacial score (nSPS) is 23.1. The molecule has 1 aliphatic rings. The number of rotatable bonds is 5. The SMILES string of the molecule is CCc1nn(C)c(CC(NC)C2CC2(C)C)c1Cl. The van der Waals surface area contributed by atoms with Crippen LogP contribution in [0.2, 0.25) is 5.02 Å². The first-order chi connectivity index (χ1) is 8.40. The number of nitrogens with zero attached hydrogens (tertiary/aromatic N) is 2. The summed E-state index contributed by atoms with van der Waals surface area (Å²) >= 11 is 6.42. The third-order valence-corrected chi connectivity index (χ3v) is 4.80. The highest BCUT2D eigenvalue weighted by Crippen LogP contribution is 2.54. The lowest BCUT2D eigenvalue weighted by atomic mass is 9.99. The predicted molar refractivity (Wildman–Crippen MR) is 76.0 cm³/mol. The van der Waals surface area contributed by atoms with E-state index in [1.807, 2.05) is 18.8 Å². The van der Waals surface area contributed by atoms with Crippen molar-refractivity contribution in [3.05, 3.63) is 16.4 Å². The van der Waals surface area contributed by atoms with Gasteiger partial charge in [-0.3, -0.25) is 4.68 Å². The third-order valence-electron chi connectivity index (χ3n) is 4.36. The van der Waals surface area contributed by atoms with Crippen LogP contribution < -0.4 is 5.32 Å². The zero-order chi connectivity index (χ0) is 13.5. The van der Waals surface area contributed by atoms with Crippen molar-refractivity contribution in [2.45, 2.75) is 46.1 Å². The lowest BCUT2D eigenvalue weighted by molar-refractivity contribution is 0.418. The Morgan fingerprint density at radius 3 is 2.56 bits per heavy atom. The Morgan fingerprint density at radius 1 is 1.56 bits per heavy atom. The molecule has 4 heteroatoms. The Kier molecular flexibility index (Phi) is 3.75. The molecular weight excluding hydrogens is 246 g/mol. The van der Waals surface area contributed by atoms with Crippen LogP contribution in [0.3, 0.4) is 0 Å². The van der Waals surface area contributed by atoms with Crippen LogP contribution in [0.4, 0.5) is 0 Å². The van der Waals surface area contributed by atoms with Crippen LogP contribution in [0.5, 0.6) is 0 Å². The Labute approximate surface area is 115 Å². The topological polar surface area (TPSA) is 29.9 Å². The van der Waals surface area contributed by atoms with Crippen LogP contribution in [0.15, 0.2) is 0 Å². The quantitative estimate of drug-likeness (QED) is 0.891. The number of hydrogen-bond donors (Lipinski definition) is 1. The molecule has 1 saturated carbocycles. The molecule has 0 spiro atoms. The second kappa shape index (κ2) is 4.86. The van der Waals surface area contributed by atoms with Crippen LogP contribution >= 0.6 is 11.6 Å². The van der Waals surface area contributed by atoms with E-state index in [1.54, 1.807) is 0 Å². The molecule has 0 amide bonds. The van der Waals surface area contributed by atoms with Crippen molar-refractivity contribution in [2.24, 2.45) is 18.4 Å². The molecule has 1 heterocycles. The third kappa shape index (κ3) is 2.43. The van der Waals surface area contributed by atoms with Crippen molar-refractivity contribution in [2.75, 3.05) is 7.05 Å². The number of hydrogen-bond acceptors (Lipinski definition) is 2. The minimum absolute atomic E-state index is 0.479. The van der Waals surface area contributed by atoms with Crippen LogP contribution in [0.25, 0.3) is 0 Å². The van der Waals surface area contributed by atoms with Gasteiger partial charge in [0.15, 0.2) is 0 Å². The van der Waals surface area contributed by atoms with Crippen molar-refractivity contribution in [1.82, 2.24) is 15.1 Å². The van der Waals surface area contributed by atoms with Crippen LogP contribution in [-0.4, -0.2) is 22.9 Å². The first-order valence-electron chi connectivity index (χ1n) is 6.78. The largest absolute Gasteiger partial charge is 0.316 e. The summed E-state index contributed by atoms with van der Waals surface area (Å²) in [5, 5.41) is 8.80. The van der Waals surface area contributed by atoms with Crippen LogP contribution in [-0.2, 0) is 19.9 Å². The van der Waals surface area contributed by atoms with Crippen LogP contribution in [0.1, 0.15) is 38.6 Å². The molecule has 1 fully saturated rings. The first kappa shape index (κ1) is 13.9. The maximum absolute atomic E-state index is 6.42. The van der Waals surface area contributed by atoms with Gasteiger partial charge in [0.25, 0.3) is 0 Å². The molecule has 0 bridgehead atoms. The van der Waals surface area contributed by atoms with Gasteiger partial charge >= 0.3 is 0 Å². The van der Waals surface area contributed by atoms with Crippen molar-refractivity contribution < 1.29 is 0 Å². The van der Waals surface area contributed by atoms with Gasteiger partial charge in [-0.15, -0.1) is 0 Å². The van der Waals surface area contributed by atoms with Gasteiger partial charge in [-0.2, -0.15) is 5.10 Å². The molecule has 2 rings (SSSR count). The summed E-state index contributed by atoms with van der Waals surface area (Å²) in [5.41, 5.74) is 2.65. The molecule has 1 N–H and O–H groups in total. The predicted octanol–water partition coefficient (Wildman–Crippen LogP) is 2.81. The maximum Gasteiger partial charge on any atom is 0.0850 e. The summed E-state index contributed by atoms with van der Waals surface area (Å²) in [7, 11) is 4.04. The molecule has 0 aliphatic heterocycles. The fraction of sp³-hybridized carbons (Fsp3) is 0.786. The second-order valence-corrected chi connectivity index (χ2v) is 6.46. The minimum atomic E-state index is 0.479. The average Bonchev–Trinajstić information content (AvgIpc) is 2.86. The van der Waals surface area contributed by atoms with Gasteiger partial charge in [0.1, 0.15) is 0 Å². The molecule has 1 aromatic rings. The van der Waals surface area contributed by atoms with Gasteiger partial charge in [0.2, 0.25) is 0 Å². The molecule has 0 aromatic carbocycles. The number of halogens is 1. The van der Waals surface area contributed by atoms with Gasteiger partial charge in [0, 0.05) is 19.5 Å². The smallest absolute Gasteiger partial charge is 0.0850 e. The average molecular weight is 270 g/mol. The number of aryl methyl sites for hydroxylation is 2. The molecule has 18 heavy (non-hydrogen) atoms. The van der Waals surface area contributed by atoms with Crippen molar-refractivity contribution >= 4 is 11.6 Å². The van der Waals surface area contributed by atoms with Gasteiger partial charge in [-0.25, -0.2) is 0 Å². The van der Waals surface area contributed by atoms with E-state index in [4.69, 9.17) is 11.6 Å². The summed E-state index contributed by atoms with van der Waals surface area (Å²) < 4.78 is 1.95. The van der Waals surface area contributed by atoms with Gasteiger partial charge < -0.3 is 5.32 Å². The molecule has 0 radical (unpaired) electrons. The van der Waals surface area contributed by atoms with E-state index in [2.05, 4.69) is 31.2 Å². The van der Waals surface area contributed by atoms with Crippen molar-refractivity contribution in [1.29, 1.82) is 0 Å². The summed E-state index contributed by atoms with van der Waals surface area (Å²) in [5.74, 6) is 0.749. The summed E-state index contributed by atoms with van der Waals surface area (Å²) in [6.07, 6.45) is 3.16. The van der Waals surface area contributed by atoms with Crippen LogP contribution in [0, 0.1) is 11.3 Å². The molecule has 1 aromatic heterocycles. The second-order valence-electron chi connectivity index (χ2n) is 6.08. The summed E-state index contributed by atoms with van der Waals surface area (Å²) in [6, 6.07) is 0.498. The lowest BCUT2D eigenvalue weighted by Gasteiger charge is -2.18. The Hall–Kier alpha value is -0.540. The molecule has 3 nitrogen and oxygen atoms in total. The van der Waals surface area contributed by atoms with E-state index < -0.39 is 0 Å². The molecule has 2 unspecified atom stereocenters. The van der Waals surface area contributed by atoms with Crippen molar-refractivity contribution in [3.63, 3.8) is 0 Å². The van der Waals surface area contributed by atoms with Gasteiger partial charge in [-0.05, 0) is 31.2 Å². The molecule has 1 aliphatic carbocycles. The van der Waals surface area contributed by atoms with E-state index >= 15 is 0 Å². The zero-order valence-corrected chi connectivity index (χ0v) is 12.8. The summed E-state index contributed by atoms with van der Waals surface area (Å²) in [6.45, 7) is 6.77. The van der Waals surface area contributed by atoms with E-state index in [1.165, 1.54) is 6.42 Å². The van der Waals surface area contributed by atoms with E-state index in [0.717, 1.165) is 35.2 Å². The monoisotopic (exact) mass is 269 g/mol. The fourth-order valence-electron chi connectivity index (χ4n) is 2.89. The standard InChI is InChI=1S/C14H24ClN3/c1-6-10-13(15)12(18(5)17-10)7-11(16-4)9-8-14(9,2)3/h9,11,16H,6-8H2,1-5H3. The summed E-state index contributed by atoms with van der Waals surface area (Å²) in [4.78, 5) is 0. The highest BCUT2D eigenvalue weighted by atomic mass is 35.5. The van der Waals surface area contributed by atoms with Crippen molar-refractivity contribution in [3.8, 4) is 0 Å². The van der Waals surface area contributed by atoms with E-state index in [-0.39, 0.29) is 0 Å². The molecule has 0 saturated heterocycles. The van der Waals surface area contributed by atoms with E-state index in [9.17, 15) is 0 Å². The zero-order valence-electron chi connectivity index (χ0n) is 12.0. The maximum atomic E-state index is 6.42. The highest BCUT2D eigenvalue weighted by molar-refractivity contribution is 6.31. The number of likely N-dealkylation sites (N-methyl/N-ethyl adjacent to an activating group) is 1. The Morgan fingerprint density at radius 2 is 2.17 bits per heavy atom. The lowest BCUT2D eigenvalue weighted by Crippen LogP contribution is -2.32. The first-order valence-corrected chi connectivity index (χ1v) is 7.16. The molecule has 102 valence electrons. The number of nitrogens with one attached hydrogen (secondary N) is 1. The van der Waals surface area contributed by atoms with Gasteiger partial charge in [-0.1, -0.05) is 32.4 Å². The number of aromatic nitrogens is 2. The highest BCUT2D eigenvalue weighted by Gasteiger charge is 2.49. The molecule has 2 atom stereocenters.